The lowest BCUT2D eigenvalue weighted by Gasteiger charge is -2.13. The summed E-state index contributed by atoms with van der Waals surface area (Å²) >= 11 is 11.5. The minimum atomic E-state index is -3.68. The molecule has 2 rings (SSSR count). The van der Waals surface area contributed by atoms with E-state index >= 15 is 0 Å². The molecule has 0 amide bonds. The van der Waals surface area contributed by atoms with Gasteiger partial charge in [-0.15, -0.1) is 0 Å². The molecule has 2 aromatic rings. The summed E-state index contributed by atoms with van der Waals surface area (Å²) < 4.78 is 42.4. The van der Waals surface area contributed by atoms with E-state index in [9.17, 15) is 17.9 Å². The van der Waals surface area contributed by atoms with Gasteiger partial charge in [-0.05, 0) is 42.5 Å². The Labute approximate surface area is 143 Å². The van der Waals surface area contributed by atoms with Gasteiger partial charge in [0.05, 0.1) is 15.7 Å². The molecule has 0 aliphatic heterocycles. The molecule has 23 heavy (non-hydrogen) atoms. The second-order valence-corrected chi connectivity index (χ2v) is 7.65. The van der Waals surface area contributed by atoms with Crippen LogP contribution in [0.2, 0.25) is 10.0 Å². The van der Waals surface area contributed by atoms with Gasteiger partial charge in [0.15, 0.2) is 9.84 Å². The molecule has 4 nitrogen and oxygen atoms in total. The van der Waals surface area contributed by atoms with Crippen LogP contribution < -0.4 is 4.74 Å². The number of aliphatic hydroxyl groups excluding tert-OH is 1. The molecule has 1 atom stereocenters. The van der Waals surface area contributed by atoms with E-state index in [0.29, 0.717) is 5.02 Å². The van der Waals surface area contributed by atoms with Gasteiger partial charge < -0.3 is 9.84 Å². The van der Waals surface area contributed by atoms with Crippen LogP contribution in [-0.2, 0) is 9.84 Å². The summed E-state index contributed by atoms with van der Waals surface area (Å²) in [5.74, 6) is -0.878. The van der Waals surface area contributed by atoms with Crippen LogP contribution in [0.5, 0.6) is 5.75 Å². The van der Waals surface area contributed by atoms with Gasteiger partial charge in [-0.1, -0.05) is 23.2 Å². The van der Waals surface area contributed by atoms with Crippen molar-refractivity contribution in [3.8, 4) is 5.75 Å². The number of hydrogen-bond acceptors (Lipinski definition) is 4. The summed E-state index contributed by atoms with van der Waals surface area (Å²) in [6.45, 7) is -0.293. The van der Waals surface area contributed by atoms with Crippen LogP contribution in [-0.4, -0.2) is 32.0 Å². The maximum atomic E-state index is 12.9. The van der Waals surface area contributed by atoms with Crippen LogP contribution in [0.25, 0.3) is 0 Å². The highest BCUT2D eigenvalue weighted by atomic mass is 35.5. The Morgan fingerprint density at radius 1 is 1.13 bits per heavy atom. The van der Waals surface area contributed by atoms with Gasteiger partial charge in [0, 0.05) is 5.02 Å². The van der Waals surface area contributed by atoms with Gasteiger partial charge in [-0.3, -0.25) is 0 Å². The molecule has 0 aromatic heterocycles. The number of sulfone groups is 1. The Kier molecular flexibility index (Phi) is 5.86. The molecule has 0 saturated carbocycles. The molecule has 0 radical (unpaired) electrons. The topological polar surface area (TPSA) is 63.6 Å². The second kappa shape index (κ2) is 7.49. The molecule has 0 heterocycles. The predicted octanol–water partition coefficient (Wildman–Crippen LogP) is 3.35. The summed E-state index contributed by atoms with van der Waals surface area (Å²) in [6, 6.07) is 9.15. The lowest BCUT2D eigenvalue weighted by atomic mass is 10.3. The van der Waals surface area contributed by atoms with Crippen molar-refractivity contribution in [1.29, 1.82) is 0 Å². The van der Waals surface area contributed by atoms with E-state index in [1.807, 2.05) is 0 Å². The minimum absolute atomic E-state index is 0.0396. The van der Waals surface area contributed by atoms with E-state index < -0.39 is 27.5 Å². The van der Waals surface area contributed by atoms with Crippen LogP contribution in [0.3, 0.4) is 0 Å². The molecular weight excluding hydrogens is 366 g/mol. The number of hydrogen-bond donors (Lipinski definition) is 1. The number of ether oxygens (including phenoxy) is 1. The summed E-state index contributed by atoms with van der Waals surface area (Å²) in [4.78, 5) is 0.0563. The number of halogens is 3. The molecule has 0 saturated heterocycles. The van der Waals surface area contributed by atoms with Gasteiger partial charge in [-0.25, -0.2) is 12.8 Å². The minimum Gasteiger partial charge on any atom is -0.489 e. The van der Waals surface area contributed by atoms with Crippen molar-refractivity contribution in [2.24, 2.45) is 0 Å². The van der Waals surface area contributed by atoms with Crippen LogP contribution in [0.4, 0.5) is 4.39 Å². The molecule has 8 heteroatoms. The lowest BCUT2D eigenvalue weighted by molar-refractivity contribution is 0.125. The lowest BCUT2D eigenvalue weighted by Crippen LogP contribution is -2.27. The van der Waals surface area contributed by atoms with Crippen molar-refractivity contribution in [2.45, 2.75) is 11.0 Å². The van der Waals surface area contributed by atoms with E-state index in [2.05, 4.69) is 0 Å². The second-order valence-electron chi connectivity index (χ2n) is 4.77. The van der Waals surface area contributed by atoms with Crippen molar-refractivity contribution in [1.82, 2.24) is 0 Å². The maximum Gasteiger partial charge on any atom is 0.181 e. The molecule has 2 aromatic carbocycles. The molecule has 124 valence electrons. The average Bonchev–Trinajstić information content (AvgIpc) is 2.46. The van der Waals surface area contributed by atoms with Gasteiger partial charge in [0.1, 0.15) is 24.3 Å². The smallest absolute Gasteiger partial charge is 0.181 e. The Balaban J connectivity index is 1.98. The SMILES string of the molecule is O=S(=O)(C[C@@H](O)COc1ccc(F)cc1Cl)c1ccc(Cl)cc1. The monoisotopic (exact) mass is 378 g/mol. The molecule has 0 aliphatic carbocycles. The third kappa shape index (κ3) is 5.07. The summed E-state index contributed by atoms with van der Waals surface area (Å²) in [5, 5.41) is 10.3. The van der Waals surface area contributed by atoms with Crippen molar-refractivity contribution in [3.63, 3.8) is 0 Å². The maximum absolute atomic E-state index is 12.9. The first-order valence-electron chi connectivity index (χ1n) is 6.52. The van der Waals surface area contributed by atoms with E-state index in [-0.39, 0.29) is 22.3 Å². The fourth-order valence-corrected chi connectivity index (χ4v) is 3.51. The highest BCUT2D eigenvalue weighted by molar-refractivity contribution is 7.91. The first kappa shape index (κ1) is 18.0. The van der Waals surface area contributed by atoms with E-state index in [4.69, 9.17) is 27.9 Å². The Morgan fingerprint density at radius 3 is 2.39 bits per heavy atom. The highest BCUT2D eigenvalue weighted by Gasteiger charge is 2.20. The van der Waals surface area contributed by atoms with E-state index in [1.165, 1.54) is 30.3 Å². The fraction of sp³-hybridized carbons (Fsp3) is 0.200. The summed E-state index contributed by atoms with van der Waals surface area (Å²) in [7, 11) is -3.68. The van der Waals surface area contributed by atoms with Crippen molar-refractivity contribution >= 4 is 33.0 Å². The van der Waals surface area contributed by atoms with Crippen molar-refractivity contribution in [3.05, 3.63) is 58.3 Å². The Hall–Kier alpha value is -1.34. The van der Waals surface area contributed by atoms with Crippen LogP contribution >= 0.6 is 23.2 Å². The van der Waals surface area contributed by atoms with Crippen LogP contribution in [0, 0.1) is 5.82 Å². The van der Waals surface area contributed by atoms with Crippen molar-refractivity contribution in [2.75, 3.05) is 12.4 Å². The molecule has 0 spiro atoms. The largest absolute Gasteiger partial charge is 0.489 e. The van der Waals surface area contributed by atoms with Gasteiger partial charge in [0.25, 0.3) is 0 Å². The van der Waals surface area contributed by atoms with E-state index in [0.717, 1.165) is 12.1 Å². The zero-order valence-corrected chi connectivity index (χ0v) is 14.1. The fourth-order valence-electron chi connectivity index (χ4n) is 1.82. The molecule has 1 N–H and O–H groups in total. The van der Waals surface area contributed by atoms with E-state index in [1.54, 1.807) is 0 Å². The standard InChI is InChI=1S/C15H13Cl2FO4S/c16-10-1-4-13(5-2-10)23(20,21)9-12(19)8-22-15-6-3-11(18)7-14(15)17/h1-7,12,19H,8-9H2/t12-/m0/s1. The molecule has 0 aliphatic rings. The molecular formula is C15H13Cl2FO4S. The third-order valence-electron chi connectivity index (χ3n) is 2.91. The third-order valence-corrected chi connectivity index (χ3v) is 5.27. The summed E-state index contributed by atoms with van der Waals surface area (Å²) in [5.41, 5.74) is 0. The quantitative estimate of drug-likeness (QED) is 0.836. The highest BCUT2D eigenvalue weighted by Crippen LogP contribution is 2.25. The van der Waals surface area contributed by atoms with Gasteiger partial charge >= 0.3 is 0 Å². The Morgan fingerprint density at radius 2 is 1.78 bits per heavy atom. The number of rotatable bonds is 6. The predicted molar refractivity (Wildman–Crippen MR) is 86.4 cm³/mol. The normalized spacial score (nSPS) is 12.9. The van der Waals surface area contributed by atoms with Crippen LogP contribution in [0.15, 0.2) is 47.4 Å². The van der Waals surface area contributed by atoms with Crippen LogP contribution in [0.1, 0.15) is 0 Å². The number of aliphatic hydroxyl groups is 1. The van der Waals surface area contributed by atoms with Gasteiger partial charge in [0.2, 0.25) is 0 Å². The average molecular weight is 379 g/mol. The molecule has 0 fully saturated rings. The first-order valence-corrected chi connectivity index (χ1v) is 8.93. The van der Waals surface area contributed by atoms with Crippen molar-refractivity contribution < 1.29 is 22.7 Å². The molecule has 0 bridgehead atoms. The Bertz CT molecular complexity index is 779. The zero-order chi connectivity index (χ0) is 17.0. The number of benzene rings is 2. The first-order chi connectivity index (χ1) is 10.8. The zero-order valence-electron chi connectivity index (χ0n) is 11.7. The van der Waals surface area contributed by atoms with Gasteiger partial charge in [-0.2, -0.15) is 0 Å². The molecule has 0 unspecified atom stereocenters. The summed E-state index contributed by atoms with van der Waals surface area (Å²) in [6.07, 6.45) is -1.27.